The summed E-state index contributed by atoms with van der Waals surface area (Å²) < 4.78 is 0. The van der Waals surface area contributed by atoms with Gasteiger partial charge in [-0.1, -0.05) is 37.3 Å². The molecule has 112 valence electrons. The molecule has 0 bridgehead atoms. The molecule has 1 heterocycles. The van der Waals surface area contributed by atoms with E-state index in [0.29, 0.717) is 19.0 Å². The quantitative estimate of drug-likeness (QED) is 0.925. The van der Waals surface area contributed by atoms with E-state index in [-0.39, 0.29) is 17.7 Å². The summed E-state index contributed by atoms with van der Waals surface area (Å²) in [5, 5.41) is 9.47. The Kier molecular flexibility index (Phi) is 3.70. The third kappa shape index (κ3) is 2.80. The third-order valence-corrected chi connectivity index (χ3v) is 4.90. The Balaban J connectivity index is 1.78. The van der Waals surface area contributed by atoms with Crippen LogP contribution in [0, 0.1) is 17.8 Å². The number of carbonyl (C=O) groups excluding carboxylic acids is 1. The largest absolute Gasteiger partial charge is 0.481 e. The number of carbonyl (C=O) groups is 2. The van der Waals surface area contributed by atoms with Crippen molar-refractivity contribution in [2.75, 3.05) is 13.1 Å². The molecule has 4 heteroatoms. The van der Waals surface area contributed by atoms with Gasteiger partial charge in [-0.05, 0) is 24.3 Å². The average Bonchev–Trinajstić information content (AvgIpc) is 3.24. The Morgan fingerprint density at radius 2 is 1.86 bits per heavy atom. The zero-order valence-corrected chi connectivity index (χ0v) is 12.2. The highest BCUT2D eigenvalue weighted by Gasteiger charge is 2.43. The molecule has 2 aliphatic rings. The lowest BCUT2D eigenvalue weighted by molar-refractivity contribution is -0.142. The second-order valence-electron chi connectivity index (χ2n) is 6.33. The highest BCUT2D eigenvalue weighted by atomic mass is 16.4. The summed E-state index contributed by atoms with van der Waals surface area (Å²) in [6.07, 6.45) is 2.26. The Morgan fingerprint density at radius 3 is 2.43 bits per heavy atom. The topological polar surface area (TPSA) is 57.6 Å². The Hall–Kier alpha value is -1.84. The van der Waals surface area contributed by atoms with Crippen LogP contribution in [0.1, 0.15) is 31.2 Å². The van der Waals surface area contributed by atoms with Crippen LogP contribution in [0.25, 0.3) is 0 Å². The monoisotopic (exact) mass is 287 g/mol. The smallest absolute Gasteiger partial charge is 0.308 e. The van der Waals surface area contributed by atoms with E-state index in [0.717, 1.165) is 18.4 Å². The summed E-state index contributed by atoms with van der Waals surface area (Å²) in [5.74, 6) is -0.729. The van der Waals surface area contributed by atoms with Crippen molar-refractivity contribution >= 4 is 11.9 Å². The number of amides is 1. The molecule has 1 aliphatic heterocycles. The second-order valence-corrected chi connectivity index (χ2v) is 6.33. The number of carboxylic acid groups (broad SMARTS) is 1. The summed E-state index contributed by atoms with van der Waals surface area (Å²) >= 11 is 0. The Bertz CT molecular complexity index is 538. The maximum absolute atomic E-state index is 12.5. The average molecular weight is 287 g/mol. The van der Waals surface area contributed by atoms with Gasteiger partial charge in [0.1, 0.15) is 0 Å². The number of hydrogen-bond donors (Lipinski definition) is 1. The lowest BCUT2D eigenvalue weighted by Gasteiger charge is -2.20. The minimum Gasteiger partial charge on any atom is -0.481 e. The van der Waals surface area contributed by atoms with Crippen molar-refractivity contribution in [3.05, 3.63) is 35.9 Å². The van der Waals surface area contributed by atoms with Crippen molar-refractivity contribution in [3.8, 4) is 0 Å². The summed E-state index contributed by atoms with van der Waals surface area (Å²) in [6.45, 7) is 2.84. The molecule has 1 saturated carbocycles. The van der Waals surface area contributed by atoms with Crippen molar-refractivity contribution in [1.29, 1.82) is 0 Å². The first-order valence-corrected chi connectivity index (χ1v) is 7.64. The van der Waals surface area contributed by atoms with E-state index in [1.54, 1.807) is 4.90 Å². The number of likely N-dealkylation sites (tertiary alicyclic amines) is 1. The SMILES string of the molecule is CC(C(=O)N1C[C@H](C(=O)O)[C@H](c2ccccc2)C1)C1CC1. The van der Waals surface area contributed by atoms with E-state index in [9.17, 15) is 14.7 Å². The maximum atomic E-state index is 12.5. The molecule has 1 amide bonds. The number of benzene rings is 1. The van der Waals surface area contributed by atoms with Gasteiger partial charge in [0.25, 0.3) is 0 Å². The fraction of sp³-hybridized carbons (Fsp3) is 0.529. The normalized spacial score (nSPS) is 26.6. The molecule has 3 rings (SSSR count). The van der Waals surface area contributed by atoms with Crippen molar-refractivity contribution in [2.24, 2.45) is 17.8 Å². The lowest BCUT2D eigenvalue weighted by Crippen LogP contribution is -2.34. The molecule has 1 N–H and O–H groups in total. The molecule has 0 spiro atoms. The van der Waals surface area contributed by atoms with E-state index in [4.69, 9.17) is 0 Å². The van der Waals surface area contributed by atoms with Gasteiger partial charge in [-0.15, -0.1) is 0 Å². The molecule has 1 saturated heterocycles. The first kappa shape index (κ1) is 14.1. The van der Waals surface area contributed by atoms with Crippen molar-refractivity contribution < 1.29 is 14.7 Å². The van der Waals surface area contributed by atoms with Crippen LogP contribution in [-0.4, -0.2) is 35.0 Å². The number of carboxylic acids is 1. The summed E-state index contributed by atoms with van der Waals surface area (Å²) in [7, 11) is 0. The van der Waals surface area contributed by atoms with Crippen LogP contribution < -0.4 is 0 Å². The van der Waals surface area contributed by atoms with E-state index < -0.39 is 11.9 Å². The molecule has 0 radical (unpaired) electrons. The minimum absolute atomic E-state index is 0.0361. The molecular formula is C17H21NO3. The minimum atomic E-state index is -0.807. The maximum Gasteiger partial charge on any atom is 0.308 e. The molecule has 1 unspecified atom stereocenters. The fourth-order valence-electron chi connectivity index (χ4n) is 3.36. The number of nitrogens with zero attached hydrogens (tertiary/aromatic N) is 1. The van der Waals surface area contributed by atoms with Crippen LogP contribution in [0.4, 0.5) is 0 Å². The van der Waals surface area contributed by atoms with E-state index in [2.05, 4.69) is 0 Å². The van der Waals surface area contributed by atoms with Crippen LogP contribution in [0.5, 0.6) is 0 Å². The van der Waals surface area contributed by atoms with Crippen molar-refractivity contribution in [1.82, 2.24) is 4.90 Å². The molecule has 4 nitrogen and oxygen atoms in total. The van der Waals surface area contributed by atoms with Gasteiger partial charge in [0.2, 0.25) is 5.91 Å². The zero-order valence-electron chi connectivity index (χ0n) is 12.2. The summed E-state index contributed by atoms with van der Waals surface area (Å²) in [6, 6.07) is 9.68. The lowest BCUT2D eigenvalue weighted by atomic mass is 9.89. The van der Waals surface area contributed by atoms with Gasteiger partial charge in [-0.2, -0.15) is 0 Å². The molecule has 2 fully saturated rings. The standard InChI is InChI=1S/C17H21NO3/c1-11(12-7-8-12)16(19)18-9-14(15(10-18)17(20)21)13-5-3-2-4-6-13/h2-6,11-12,14-15H,7-10H2,1H3,(H,20,21)/t11?,14-,15-/m0/s1. The first-order chi connectivity index (χ1) is 10.1. The van der Waals surface area contributed by atoms with Gasteiger partial charge in [-0.25, -0.2) is 0 Å². The van der Waals surface area contributed by atoms with Gasteiger partial charge in [-0.3, -0.25) is 9.59 Å². The molecule has 1 aromatic rings. The third-order valence-electron chi connectivity index (χ3n) is 4.90. The van der Waals surface area contributed by atoms with Gasteiger partial charge >= 0.3 is 5.97 Å². The van der Waals surface area contributed by atoms with Crippen LogP contribution in [0.2, 0.25) is 0 Å². The van der Waals surface area contributed by atoms with Crippen molar-refractivity contribution in [2.45, 2.75) is 25.7 Å². The summed E-state index contributed by atoms with van der Waals surface area (Å²) in [5.41, 5.74) is 1.01. The van der Waals surface area contributed by atoms with Crippen molar-refractivity contribution in [3.63, 3.8) is 0 Å². The van der Waals surface area contributed by atoms with Crippen LogP contribution in [-0.2, 0) is 9.59 Å². The van der Waals surface area contributed by atoms with Gasteiger partial charge < -0.3 is 10.0 Å². The fourth-order valence-corrected chi connectivity index (χ4v) is 3.36. The first-order valence-electron chi connectivity index (χ1n) is 7.64. The van der Waals surface area contributed by atoms with Gasteiger partial charge in [0.15, 0.2) is 0 Å². The zero-order chi connectivity index (χ0) is 15.0. The molecule has 1 aromatic carbocycles. The van der Waals surface area contributed by atoms with Gasteiger partial charge in [0, 0.05) is 24.9 Å². The Morgan fingerprint density at radius 1 is 1.19 bits per heavy atom. The predicted octanol–water partition coefficient (Wildman–Crippen LogP) is 2.36. The molecule has 0 aromatic heterocycles. The number of rotatable bonds is 4. The highest BCUT2D eigenvalue weighted by Crippen LogP contribution is 2.39. The molecule has 21 heavy (non-hydrogen) atoms. The summed E-state index contributed by atoms with van der Waals surface area (Å²) in [4.78, 5) is 25.8. The highest BCUT2D eigenvalue weighted by molar-refractivity contribution is 5.81. The molecule has 3 atom stereocenters. The number of hydrogen-bond acceptors (Lipinski definition) is 2. The number of aliphatic carboxylic acids is 1. The van der Waals surface area contributed by atoms with E-state index in [1.807, 2.05) is 37.3 Å². The van der Waals surface area contributed by atoms with Crippen LogP contribution in [0.3, 0.4) is 0 Å². The van der Waals surface area contributed by atoms with Crippen LogP contribution >= 0.6 is 0 Å². The molecule has 1 aliphatic carbocycles. The second kappa shape index (κ2) is 5.51. The van der Waals surface area contributed by atoms with E-state index >= 15 is 0 Å². The molecular weight excluding hydrogens is 266 g/mol. The Labute approximate surface area is 124 Å². The van der Waals surface area contributed by atoms with Gasteiger partial charge in [0.05, 0.1) is 5.92 Å². The van der Waals surface area contributed by atoms with E-state index in [1.165, 1.54) is 0 Å². The van der Waals surface area contributed by atoms with Crippen LogP contribution in [0.15, 0.2) is 30.3 Å². The predicted molar refractivity (Wildman–Crippen MR) is 78.8 cm³/mol.